The summed E-state index contributed by atoms with van der Waals surface area (Å²) in [5.74, 6) is 0.875. The third-order valence-corrected chi connectivity index (χ3v) is 8.07. The van der Waals surface area contributed by atoms with Crippen LogP contribution in [0.25, 0.3) is 0 Å². The number of anilines is 1. The lowest BCUT2D eigenvalue weighted by Crippen LogP contribution is -2.48. The van der Waals surface area contributed by atoms with Crippen molar-refractivity contribution in [2.24, 2.45) is 5.92 Å². The molecular formula is C31H40N4O4. The Morgan fingerprint density at radius 3 is 2.64 bits per heavy atom. The van der Waals surface area contributed by atoms with E-state index in [-0.39, 0.29) is 36.6 Å². The van der Waals surface area contributed by atoms with Gasteiger partial charge in [0.1, 0.15) is 12.4 Å². The number of hydrogen-bond donors (Lipinski definition) is 2. The zero-order valence-corrected chi connectivity index (χ0v) is 22.9. The summed E-state index contributed by atoms with van der Waals surface area (Å²) in [6.45, 7) is 10.8. The van der Waals surface area contributed by atoms with Crippen LogP contribution in [0.2, 0.25) is 0 Å². The van der Waals surface area contributed by atoms with Crippen molar-refractivity contribution in [2.75, 3.05) is 51.3 Å². The summed E-state index contributed by atoms with van der Waals surface area (Å²) in [6.07, 6.45) is 5.54. The van der Waals surface area contributed by atoms with Gasteiger partial charge in [0.2, 0.25) is 0 Å². The van der Waals surface area contributed by atoms with E-state index in [4.69, 9.17) is 9.47 Å². The summed E-state index contributed by atoms with van der Waals surface area (Å²) >= 11 is 0. The quantitative estimate of drug-likeness (QED) is 0.435. The predicted octanol–water partition coefficient (Wildman–Crippen LogP) is 5.15. The second-order valence-electron chi connectivity index (χ2n) is 10.5. The Balaban J connectivity index is 1.42. The maximum Gasteiger partial charge on any atom is 0.410 e. The Labute approximate surface area is 231 Å². The number of piperidine rings is 1. The molecule has 2 saturated heterocycles. The second kappa shape index (κ2) is 12.6. The highest BCUT2D eigenvalue weighted by atomic mass is 16.6. The molecule has 0 spiro atoms. The molecule has 5 rings (SSSR count). The summed E-state index contributed by atoms with van der Waals surface area (Å²) in [6, 6.07) is 13.8. The van der Waals surface area contributed by atoms with Gasteiger partial charge in [0.25, 0.3) is 5.91 Å². The molecule has 2 N–H and O–H groups in total. The van der Waals surface area contributed by atoms with Crippen LogP contribution in [0.5, 0.6) is 5.75 Å². The fourth-order valence-corrected chi connectivity index (χ4v) is 6.25. The number of rotatable bonds is 9. The molecule has 0 aliphatic carbocycles. The van der Waals surface area contributed by atoms with Crippen molar-refractivity contribution in [1.82, 2.24) is 15.1 Å². The monoisotopic (exact) mass is 532 g/mol. The average molecular weight is 533 g/mol. The van der Waals surface area contributed by atoms with Gasteiger partial charge in [-0.25, -0.2) is 4.79 Å². The van der Waals surface area contributed by atoms with E-state index < -0.39 is 0 Å². The fraction of sp³-hybridized carbons (Fsp3) is 0.484. The van der Waals surface area contributed by atoms with Crippen LogP contribution in [-0.2, 0) is 4.74 Å². The van der Waals surface area contributed by atoms with E-state index in [1.807, 2.05) is 42.2 Å². The Kier molecular flexibility index (Phi) is 8.71. The van der Waals surface area contributed by atoms with Crippen molar-refractivity contribution < 1.29 is 19.1 Å². The number of carbonyl (C=O) groups excluding carboxylic acids is 2. The molecule has 0 saturated carbocycles. The Morgan fingerprint density at radius 2 is 1.90 bits per heavy atom. The summed E-state index contributed by atoms with van der Waals surface area (Å²) in [4.78, 5) is 30.5. The van der Waals surface area contributed by atoms with Crippen LogP contribution in [-0.4, -0.2) is 67.7 Å². The van der Waals surface area contributed by atoms with Crippen molar-refractivity contribution in [3.63, 3.8) is 0 Å². The fourth-order valence-electron chi connectivity index (χ4n) is 6.25. The van der Waals surface area contributed by atoms with Crippen LogP contribution in [0.15, 0.2) is 55.1 Å². The molecule has 208 valence electrons. The molecule has 8 heteroatoms. The third kappa shape index (κ3) is 6.06. The van der Waals surface area contributed by atoms with Gasteiger partial charge in [-0.2, -0.15) is 0 Å². The minimum absolute atomic E-state index is 0.00770. The molecule has 0 radical (unpaired) electrons. The number of nitrogens with one attached hydrogen (secondary N) is 2. The highest BCUT2D eigenvalue weighted by molar-refractivity contribution is 5.95. The van der Waals surface area contributed by atoms with E-state index >= 15 is 0 Å². The number of benzene rings is 2. The number of ether oxygens (including phenoxy) is 2. The molecule has 39 heavy (non-hydrogen) atoms. The average Bonchev–Trinajstić information content (AvgIpc) is 3.49. The first kappa shape index (κ1) is 27.1. The van der Waals surface area contributed by atoms with E-state index in [1.165, 1.54) is 12.8 Å². The molecule has 2 amide bonds. The van der Waals surface area contributed by atoms with Crippen LogP contribution in [0.1, 0.15) is 66.2 Å². The molecule has 1 unspecified atom stereocenters. The van der Waals surface area contributed by atoms with Gasteiger partial charge in [-0.3, -0.25) is 4.79 Å². The van der Waals surface area contributed by atoms with E-state index in [0.717, 1.165) is 55.0 Å². The number of likely N-dealkylation sites (tertiary alicyclic amines) is 2. The summed E-state index contributed by atoms with van der Waals surface area (Å²) in [5.41, 5.74) is 3.65. The molecule has 3 aliphatic rings. The summed E-state index contributed by atoms with van der Waals surface area (Å²) < 4.78 is 11.2. The number of fused-ring (bicyclic) bond motifs is 3. The highest BCUT2D eigenvalue weighted by Gasteiger charge is 2.45. The van der Waals surface area contributed by atoms with Crippen molar-refractivity contribution >= 4 is 17.7 Å². The SMILES string of the molecule is C=CCOC(=O)N1CCC[C@H]2C(c3ccc(OCC)cc3)Nc3ccc(C(=O)NCCN4CCCC4)cc3[C@H]21. The molecule has 2 aromatic rings. The van der Waals surface area contributed by atoms with E-state index in [0.29, 0.717) is 25.3 Å². The van der Waals surface area contributed by atoms with E-state index in [9.17, 15) is 9.59 Å². The zero-order valence-electron chi connectivity index (χ0n) is 22.9. The largest absolute Gasteiger partial charge is 0.494 e. The molecule has 2 fully saturated rings. The topological polar surface area (TPSA) is 83.1 Å². The molecule has 8 nitrogen and oxygen atoms in total. The Morgan fingerprint density at radius 1 is 1.10 bits per heavy atom. The first-order chi connectivity index (χ1) is 19.1. The van der Waals surface area contributed by atoms with Crippen LogP contribution in [0.3, 0.4) is 0 Å². The van der Waals surface area contributed by atoms with E-state index in [2.05, 4.69) is 34.2 Å². The minimum Gasteiger partial charge on any atom is -0.494 e. The standard InChI is InChI=1S/C31H40N4O4/c1-3-20-39-31(37)35-18-7-8-25-28(22-9-12-24(13-10-22)38-4-2)33-27-14-11-23(21-26(27)29(25)35)30(36)32-15-19-34-16-5-6-17-34/h3,9-14,21,25,28-29,33H,1,4-8,15-20H2,2H3,(H,32,36)/t25-,28?,29-/m0/s1. The smallest absolute Gasteiger partial charge is 0.410 e. The lowest BCUT2D eigenvalue weighted by molar-refractivity contribution is 0.0505. The minimum atomic E-state index is -0.344. The maximum absolute atomic E-state index is 13.2. The summed E-state index contributed by atoms with van der Waals surface area (Å²) in [7, 11) is 0. The lowest BCUT2D eigenvalue weighted by Gasteiger charge is -2.48. The number of hydrogen-bond acceptors (Lipinski definition) is 6. The maximum atomic E-state index is 13.2. The van der Waals surface area contributed by atoms with Gasteiger partial charge >= 0.3 is 6.09 Å². The number of carbonyl (C=O) groups is 2. The van der Waals surface area contributed by atoms with Gasteiger partial charge in [0, 0.05) is 36.8 Å². The van der Waals surface area contributed by atoms with Gasteiger partial charge in [-0.15, -0.1) is 0 Å². The number of amides is 2. The van der Waals surface area contributed by atoms with Crippen LogP contribution in [0.4, 0.5) is 10.5 Å². The van der Waals surface area contributed by atoms with Gasteiger partial charge in [0.05, 0.1) is 18.7 Å². The lowest BCUT2D eigenvalue weighted by atomic mass is 9.74. The van der Waals surface area contributed by atoms with Gasteiger partial charge in [0.15, 0.2) is 0 Å². The molecule has 3 aliphatic heterocycles. The molecule has 3 atom stereocenters. The van der Waals surface area contributed by atoms with Gasteiger partial charge in [-0.1, -0.05) is 24.8 Å². The van der Waals surface area contributed by atoms with Crippen LogP contribution < -0.4 is 15.4 Å². The molecule has 2 aromatic carbocycles. The Hall–Kier alpha value is -3.52. The van der Waals surface area contributed by atoms with Gasteiger partial charge in [-0.05, 0) is 87.2 Å². The zero-order chi connectivity index (χ0) is 27.2. The van der Waals surface area contributed by atoms with Gasteiger partial charge < -0.3 is 29.9 Å². The Bertz CT molecular complexity index is 1160. The predicted molar refractivity (Wildman–Crippen MR) is 152 cm³/mol. The third-order valence-electron chi connectivity index (χ3n) is 8.07. The molecular weight excluding hydrogens is 492 g/mol. The van der Waals surface area contributed by atoms with Crippen molar-refractivity contribution in [2.45, 2.75) is 44.7 Å². The second-order valence-corrected chi connectivity index (χ2v) is 10.5. The van der Waals surface area contributed by atoms with E-state index in [1.54, 1.807) is 6.08 Å². The molecule has 0 bridgehead atoms. The molecule has 3 heterocycles. The van der Waals surface area contributed by atoms with Crippen molar-refractivity contribution in [1.29, 1.82) is 0 Å². The van der Waals surface area contributed by atoms with Crippen LogP contribution in [0, 0.1) is 5.92 Å². The van der Waals surface area contributed by atoms with Crippen molar-refractivity contribution in [3.8, 4) is 5.75 Å². The molecule has 0 aromatic heterocycles. The first-order valence-electron chi connectivity index (χ1n) is 14.3. The highest BCUT2D eigenvalue weighted by Crippen LogP contribution is 2.50. The summed E-state index contributed by atoms with van der Waals surface area (Å²) in [5, 5.41) is 6.83. The first-order valence-corrected chi connectivity index (χ1v) is 14.3. The van der Waals surface area contributed by atoms with Crippen molar-refractivity contribution in [3.05, 3.63) is 71.8 Å². The number of nitrogens with zero attached hydrogens (tertiary/aromatic N) is 2. The van der Waals surface area contributed by atoms with Crippen LogP contribution >= 0.6 is 0 Å². The normalized spacial score (nSPS) is 22.3.